The molecule has 0 aromatic heterocycles. The van der Waals surface area contributed by atoms with E-state index in [-0.39, 0.29) is 17.9 Å². The van der Waals surface area contributed by atoms with E-state index in [0.717, 1.165) is 25.0 Å². The lowest BCUT2D eigenvalue weighted by Crippen LogP contribution is -2.43. The van der Waals surface area contributed by atoms with Gasteiger partial charge in [0, 0.05) is 18.8 Å². The van der Waals surface area contributed by atoms with Crippen molar-refractivity contribution in [2.24, 2.45) is 11.8 Å². The van der Waals surface area contributed by atoms with E-state index in [1.807, 2.05) is 13.3 Å². The van der Waals surface area contributed by atoms with Crippen molar-refractivity contribution in [3.05, 3.63) is 0 Å². The van der Waals surface area contributed by atoms with E-state index >= 15 is 0 Å². The highest BCUT2D eigenvalue weighted by Gasteiger charge is 2.39. The fraction of sp³-hybridized carbons (Fsp3) is 0.846. The maximum Gasteiger partial charge on any atom is 0.307 e. The van der Waals surface area contributed by atoms with Crippen LogP contribution < -0.4 is 0 Å². The highest BCUT2D eigenvalue weighted by molar-refractivity contribution is 7.98. The molecule has 0 saturated heterocycles. The molecule has 0 aromatic rings. The largest absolute Gasteiger partial charge is 0.481 e. The SMILES string of the molecule is CCC(CSC)N(C)C(=O)[C@@H]1CCC[C@@H]1C(=O)O. The van der Waals surface area contributed by atoms with Crippen LogP contribution in [0.5, 0.6) is 0 Å². The Morgan fingerprint density at radius 1 is 1.39 bits per heavy atom. The molecule has 5 heteroatoms. The first-order valence-corrected chi connectivity index (χ1v) is 7.90. The molecule has 1 saturated carbocycles. The quantitative estimate of drug-likeness (QED) is 0.805. The summed E-state index contributed by atoms with van der Waals surface area (Å²) < 4.78 is 0. The van der Waals surface area contributed by atoms with Crippen molar-refractivity contribution in [1.29, 1.82) is 0 Å². The Morgan fingerprint density at radius 2 is 2.00 bits per heavy atom. The summed E-state index contributed by atoms with van der Waals surface area (Å²) in [6, 6.07) is 0.211. The van der Waals surface area contributed by atoms with Gasteiger partial charge in [0.1, 0.15) is 0 Å². The molecule has 1 amide bonds. The summed E-state index contributed by atoms with van der Waals surface area (Å²) >= 11 is 1.72. The van der Waals surface area contributed by atoms with Crippen molar-refractivity contribution in [1.82, 2.24) is 4.90 Å². The van der Waals surface area contributed by atoms with Gasteiger partial charge in [0.15, 0.2) is 0 Å². The fourth-order valence-corrected chi connectivity index (χ4v) is 3.53. The van der Waals surface area contributed by atoms with Gasteiger partial charge in [-0.1, -0.05) is 13.3 Å². The zero-order valence-electron chi connectivity index (χ0n) is 11.4. The van der Waals surface area contributed by atoms with Gasteiger partial charge in [0.05, 0.1) is 11.8 Å². The van der Waals surface area contributed by atoms with Crippen molar-refractivity contribution < 1.29 is 14.7 Å². The third kappa shape index (κ3) is 3.40. The second-order valence-corrected chi connectivity index (χ2v) is 5.86. The molecule has 0 spiro atoms. The zero-order valence-corrected chi connectivity index (χ0v) is 12.2. The molecule has 1 N–H and O–H groups in total. The van der Waals surface area contributed by atoms with Crippen LogP contribution in [0.25, 0.3) is 0 Å². The monoisotopic (exact) mass is 273 g/mol. The van der Waals surface area contributed by atoms with E-state index in [9.17, 15) is 9.59 Å². The van der Waals surface area contributed by atoms with E-state index in [0.29, 0.717) is 6.42 Å². The molecule has 1 aliphatic rings. The molecule has 0 radical (unpaired) electrons. The molecule has 0 bridgehead atoms. The summed E-state index contributed by atoms with van der Waals surface area (Å²) in [7, 11) is 1.81. The van der Waals surface area contributed by atoms with E-state index < -0.39 is 11.9 Å². The number of amides is 1. The van der Waals surface area contributed by atoms with Crippen LogP contribution >= 0.6 is 11.8 Å². The van der Waals surface area contributed by atoms with Crippen LogP contribution in [0.4, 0.5) is 0 Å². The summed E-state index contributed by atoms with van der Waals surface area (Å²) in [5.74, 6) is -0.698. The standard InChI is InChI=1S/C13H23NO3S/c1-4-9(8-18-3)14(2)12(15)10-6-5-7-11(10)13(16)17/h9-11H,4-8H2,1-3H3,(H,16,17)/t9?,10-,11+/m1/s1. The average molecular weight is 273 g/mol. The highest BCUT2D eigenvalue weighted by atomic mass is 32.2. The summed E-state index contributed by atoms with van der Waals surface area (Å²) in [5, 5.41) is 9.14. The number of thioether (sulfide) groups is 1. The number of carbonyl (C=O) groups is 2. The molecule has 4 nitrogen and oxygen atoms in total. The number of hydrogen-bond acceptors (Lipinski definition) is 3. The average Bonchev–Trinajstić information content (AvgIpc) is 2.83. The van der Waals surface area contributed by atoms with Crippen molar-refractivity contribution in [2.75, 3.05) is 19.1 Å². The minimum atomic E-state index is -0.822. The summed E-state index contributed by atoms with van der Waals surface area (Å²) in [5.41, 5.74) is 0. The fourth-order valence-electron chi connectivity index (χ4n) is 2.69. The minimum absolute atomic E-state index is 0.0146. The zero-order chi connectivity index (χ0) is 13.7. The van der Waals surface area contributed by atoms with Crippen LogP contribution in [-0.4, -0.2) is 47.0 Å². The molecule has 3 atom stereocenters. The maximum absolute atomic E-state index is 12.4. The van der Waals surface area contributed by atoms with Gasteiger partial charge in [-0.2, -0.15) is 11.8 Å². The smallest absolute Gasteiger partial charge is 0.307 e. The van der Waals surface area contributed by atoms with Gasteiger partial charge in [-0.3, -0.25) is 9.59 Å². The molecule has 18 heavy (non-hydrogen) atoms. The van der Waals surface area contributed by atoms with Gasteiger partial charge in [-0.05, 0) is 25.5 Å². The first-order chi connectivity index (χ1) is 8.52. The number of carboxylic acids is 1. The van der Waals surface area contributed by atoms with Gasteiger partial charge in [0.2, 0.25) is 5.91 Å². The number of hydrogen-bond donors (Lipinski definition) is 1. The van der Waals surface area contributed by atoms with Crippen LogP contribution in [0.3, 0.4) is 0 Å². The van der Waals surface area contributed by atoms with Crippen LogP contribution in [0.2, 0.25) is 0 Å². The Morgan fingerprint density at radius 3 is 2.50 bits per heavy atom. The van der Waals surface area contributed by atoms with Crippen molar-refractivity contribution in [2.45, 2.75) is 38.6 Å². The summed E-state index contributed by atoms with van der Waals surface area (Å²) in [4.78, 5) is 25.3. The maximum atomic E-state index is 12.4. The first-order valence-electron chi connectivity index (χ1n) is 6.51. The van der Waals surface area contributed by atoms with Gasteiger partial charge in [-0.15, -0.1) is 0 Å². The van der Waals surface area contributed by atoms with Crippen LogP contribution in [-0.2, 0) is 9.59 Å². The molecular formula is C13H23NO3S. The van der Waals surface area contributed by atoms with Gasteiger partial charge < -0.3 is 10.0 Å². The number of rotatable bonds is 6. The van der Waals surface area contributed by atoms with Crippen LogP contribution in [0.1, 0.15) is 32.6 Å². The third-order valence-corrected chi connectivity index (χ3v) is 4.59. The molecule has 1 fully saturated rings. The predicted molar refractivity (Wildman–Crippen MR) is 73.7 cm³/mol. The molecule has 1 aliphatic carbocycles. The molecule has 1 rings (SSSR count). The van der Waals surface area contributed by atoms with Crippen molar-refractivity contribution >= 4 is 23.6 Å². The number of carboxylic acid groups (broad SMARTS) is 1. The number of nitrogens with zero attached hydrogens (tertiary/aromatic N) is 1. The van der Waals surface area contributed by atoms with Crippen molar-refractivity contribution in [3.8, 4) is 0 Å². The lowest BCUT2D eigenvalue weighted by molar-refractivity contribution is -0.149. The minimum Gasteiger partial charge on any atom is -0.481 e. The van der Waals surface area contributed by atoms with E-state index in [1.165, 1.54) is 0 Å². The van der Waals surface area contributed by atoms with Gasteiger partial charge >= 0.3 is 5.97 Å². The van der Waals surface area contributed by atoms with E-state index in [1.54, 1.807) is 16.7 Å². The number of carbonyl (C=O) groups excluding carboxylic acids is 1. The first kappa shape index (κ1) is 15.3. The Bertz CT molecular complexity index is 309. The molecule has 0 heterocycles. The predicted octanol–water partition coefficient (Wildman–Crippen LogP) is 2.09. The van der Waals surface area contributed by atoms with Crippen LogP contribution in [0.15, 0.2) is 0 Å². The summed E-state index contributed by atoms with van der Waals surface area (Å²) in [6.45, 7) is 2.06. The van der Waals surface area contributed by atoms with Gasteiger partial charge in [-0.25, -0.2) is 0 Å². The lowest BCUT2D eigenvalue weighted by atomic mass is 9.94. The van der Waals surface area contributed by atoms with Gasteiger partial charge in [0.25, 0.3) is 0 Å². The molecular weight excluding hydrogens is 250 g/mol. The molecule has 0 aliphatic heterocycles. The third-order valence-electron chi connectivity index (χ3n) is 3.88. The van der Waals surface area contributed by atoms with Crippen molar-refractivity contribution in [3.63, 3.8) is 0 Å². The van der Waals surface area contributed by atoms with E-state index in [4.69, 9.17) is 5.11 Å². The summed E-state index contributed by atoms with van der Waals surface area (Å²) in [6.07, 6.45) is 5.14. The molecule has 0 aromatic carbocycles. The lowest BCUT2D eigenvalue weighted by Gasteiger charge is -2.30. The Labute approximate surface area is 113 Å². The Balaban J connectivity index is 2.70. The van der Waals surface area contributed by atoms with Crippen LogP contribution in [0, 0.1) is 11.8 Å². The Hall–Kier alpha value is -0.710. The second kappa shape index (κ2) is 7.02. The normalized spacial score (nSPS) is 24.8. The Kier molecular flexibility index (Phi) is 5.99. The molecule has 1 unspecified atom stereocenters. The number of aliphatic carboxylic acids is 1. The second-order valence-electron chi connectivity index (χ2n) is 4.95. The topological polar surface area (TPSA) is 57.6 Å². The highest BCUT2D eigenvalue weighted by Crippen LogP contribution is 2.33. The molecule has 104 valence electrons. The van der Waals surface area contributed by atoms with E-state index in [2.05, 4.69) is 6.92 Å².